The average molecular weight is 265 g/mol. The summed E-state index contributed by atoms with van der Waals surface area (Å²) in [7, 11) is 2.06. The number of hydrogen-bond acceptors (Lipinski definition) is 2. The maximum atomic E-state index is 4.55. The minimum Gasteiger partial charge on any atom is -0.312 e. The highest BCUT2D eigenvalue weighted by Gasteiger charge is 2.16. The van der Waals surface area contributed by atoms with Crippen molar-refractivity contribution in [3.8, 4) is 0 Å². The van der Waals surface area contributed by atoms with Crippen LogP contribution in [0.25, 0.3) is 0 Å². The standard InChI is InChI=1S/C16H31N3/c1-7-9-13(12-17-16(3,4)5)10-15-11-14(8-2)18-19(15)6/h11,13,17H,7-10,12H2,1-6H3. The predicted octanol–water partition coefficient (Wildman–Crippen LogP) is 3.33. The van der Waals surface area contributed by atoms with Crippen molar-refractivity contribution in [3.05, 3.63) is 17.5 Å². The van der Waals surface area contributed by atoms with Crippen molar-refractivity contribution in [2.24, 2.45) is 13.0 Å². The molecule has 1 unspecified atom stereocenters. The van der Waals surface area contributed by atoms with Gasteiger partial charge in [0.05, 0.1) is 5.69 Å². The molecule has 1 N–H and O–H groups in total. The van der Waals surface area contributed by atoms with Gasteiger partial charge in [-0.25, -0.2) is 0 Å². The number of hydrogen-bond donors (Lipinski definition) is 1. The first-order valence-corrected chi connectivity index (χ1v) is 7.62. The highest BCUT2D eigenvalue weighted by Crippen LogP contribution is 2.16. The van der Waals surface area contributed by atoms with Crippen LogP contribution in [0.15, 0.2) is 6.07 Å². The van der Waals surface area contributed by atoms with Gasteiger partial charge in [0.2, 0.25) is 0 Å². The summed E-state index contributed by atoms with van der Waals surface area (Å²) in [5.74, 6) is 0.698. The van der Waals surface area contributed by atoms with Gasteiger partial charge in [-0.15, -0.1) is 0 Å². The number of nitrogens with zero attached hydrogens (tertiary/aromatic N) is 2. The molecular formula is C16H31N3. The minimum atomic E-state index is 0.201. The fourth-order valence-corrected chi connectivity index (χ4v) is 2.37. The zero-order valence-electron chi connectivity index (χ0n) is 13.6. The third-order valence-corrected chi connectivity index (χ3v) is 3.51. The van der Waals surface area contributed by atoms with Crippen molar-refractivity contribution < 1.29 is 0 Å². The molecule has 0 aromatic carbocycles. The van der Waals surface area contributed by atoms with E-state index in [2.05, 4.69) is 62.8 Å². The molecule has 1 aromatic heterocycles. The molecule has 19 heavy (non-hydrogen) atoms. The van der Waals surface area contributed by atoms with E-state index in [1.807, 2.05) is 0 Å². The molecule has 0 aliphatic heterocycles. The number of rotatable bonds is 7. The molecule has 0 amide bonds. The Morgan fingerprint density at radius 1 is 1.32 bits per heavy atom. The number of nitrogens with one attached hydrogen (secondary N) is 1. The lowest BCUT2D eigenvalue weighted by Gasteiger charge is -2.25. The van der Waals surface area contributed by atoms with Gasteiger partial charge in [0.15, 0.2) is 0 Å². The van der Waals surface area contributed by atoms with Crippen LogP contribution in [-0.2, 0) is 19.9 Å². The van der Waals surface area contributed by atoms with Crippen molar-refractivity contribution >= 4 is 0 Å². The second-order valence-corrected chi connectivity index (χ2v) is 6.59. The zero-order valence-corrected chi connectivity index (χ0v) is 13.6. The molecule has 110 valence electrons. The minimum absolute atomic E-state index is 0.201. The quantitative estimate of drug-likeness (QED) is 0.819. The van der Waals surface area contributed by atoms with Gasteiger partial charge in [-0.2, -0.15) is 5.10 Å². The molecule has 1 rings (SSSR count). The van der Waals surface area contributed by atoms with Crippen LogP contribution in [0, 0.1) is 5.92 Å². The van der Waals surface area contributed by atoms with Crippen LogP contribution in [-0.4, -0.2) is 21.9 Å². The summed E-state index contributed by atoms with van der Waals surface area (Å²) in [4.78, 5) is 0. The van der Waals surface area contributed by atoms with Crippen LogP contribution in [0.3, 0.4) is 0 Å². The average Bonchev–Trinajstić information content (AvgIpc) is 2.66. The lowest BCUT2D eigenvalue weighted by atomic mass is 9.96. The van der Waals surface area contributed by atoms with Gasteiger partial charge in [-0.05, 0) is 58.6 Å². The molecule has 1 aromatic rings. The summed E-state index contributed by atoms with van der Waals surface area (Å²) in [5.41, 5.74) is 2.77. The van der Waals surface area contributed by atoms with E-state index in [0.717, 1.165) is 19.4 Å². The monoisotopic (exact) mass is 265 g/mol. The smallest absolute Gasteiger partial charge is 0.0624 e. The van der Waals surface area contributed by atoms with Crippen LogP contribution in [0.5, 0.6) is 0 Å². The molecule has 3 heteroatoms. The van der Waals surface area contributed by atoms with Crippen LogP contribution in [0.1, 0.15) is 58.8 Å². The first-order chi connectivity index (χ1) is 8.85. The number of aromatic nitrogens is 2. The topological polar surface area (TPSA) is 29.9 Å². The third kappa shape index (κ3) is 5.77. The van der Waals surface area contributed by atoms with Crippen molar-refractivity contribution in [1.82, 2.24) is 15.1 Å². The summed E-state index contributed by atoms with van der Waals surface area (Å²) in [5, 5.41) is 8.19. The summed E-state index contributed by atoms with van der Waals surface area (Å²) >= 11 is 0. The van der Waals surface area contributed by atoms with Crippen molar-refractivity contribution in [3.63, 3.8) is 0 Å². The molecule has 0 aliphatic carbocycles. The molecule has 0 spiro atoms. The second kappa shape index (κ2) is 7.09. The van der Waals surface area contributed by atoms with Gasteiger partial charge in [0.1, 0.15) is 0 Å². The first kappa shape index (κ1) is 16.2. The summed E-state index contributed by atoms with van der Waals surface area (Å²) in [6, 6.07) is 2.26. The van der Waals surface area contributed by atoms with Gasteiger partial charge in [0, 0.05) is 18.3 Å². The Balaban J connectivity index is 2.63. The Bertz CT molecular complexity index is 374. The maximum Gasteiger partial charge on any atom is 0.0624 e. The molecule has 1 heterocycles. The van der Waals surface area contributed by atoms with Crippen LogP contribution in [0.2, 0.25) is 0 Å². The van der Waals surface area contributed by atoms with Crippen LogP contribution >= 0.6 is 0 Å². The Kier molecular flexibility index (Phi) is 6.05. The van der Waals surface area contributed by atoms with E-state index in [-0.39, 0.29) is 5.54 Å². The van der Waals surface area contributed by atoms with Gasteiger partial charge in [0.25, 0.3) is 0 Å². The van der Waals surface area contributed by atoms with Crippen molar-refractivity contribution in [1.29, 1.82) is 0 Å². The highest BCUT2D eigenvalue weighted by molar-refractivity contribution is 5.11. The van der Waals surface area contributed by atoms with E-state index in [1.165, 1.54) is 24.2 Å². The molecule has 3 nitrogen and oxygen atoms in total. The lowest BCUT2D eigenvalue weighted by Crippen LogP contribution is -2.39. The van der Waals surface area contributed by atoms with E-state index in [1.54, 1.807) is 0 Å². The number of aryl methyl sites for hydroxylation is 2. The van der Waals surface area contributed by atoms with E-state index in [4.69, 9.17) is 0 Å². The maximum absolute atomic E-state index is 4.55. The molecular weight excluding hydrogens is 234 g/mol. The van der Waals surface area contributed by atoms with Gasteiger partial charge in [-0.1, -0.05) is 20.3 Å². The molecule has 0 bridgehead atoms. The molecule has 0 aliphatic rings. The van der Waals surface area contributed by atoms with Gasteiger partial charge >= 0.3 is 0 Å². The fraction of sp³-hybridized carbons (Fsp3) is 0.812. The Labute approximate surface area is 118 Å². The second-order valence-electron chi connectivity index (χ2n) is 6.59. The van der Waals surface area contributed by atoms with E-state index >= 15 is 0 Å². The Morgan fingerprint density at radius 2 is 2.00 bits per heavy atom. The summed E-state index contributed by atoms with van der Waals surface area (Å²) in [6.07, 6.45) is 4.66. The Hall–Kier alpha value is -0.830. The Morgan fingerprint density at radius 3 is 2.47 bits per heavy atom. The molecule has 0 saturated heterocycles. The molecule has 0 fully saturated rings. The first-order valence-electron chi connectivity index (χ1n) is 7.62. The van der Waals surface area contributed by atoms with Gasteiger partial charge in [-0.3, -0.25) is 4.68 Å². The van der Waals surface area contributed by atoms with E-state index < -0.39 is 0 Å². The highest BCUT2D eigenvalue weighted by atomic mass is 15.3. The van der Waals surface area contributed by atoms with Crippen molar-refractivity contribution in [2.45, 2.75) is 65.8 Å². The SMILES string of the molecule is CCCC(CNC(C)(C)C)Cc1cc(CC)nn1C. The van der Waals surface area contributed by atoms with Crippen LogP contribution in [0.4, 0.5) is 0 Å². The van der Waals surface area contributed by atoms with Crippen molar-refractivity contribution in [2.75, 3.05) is 6.54 Å². The normalized spacial score (nSPS) is 13.8. The zero-order chi connectivity index (χ0) is 14.5. The molecule has 0 radical (unpaired) electrons. The van der Waals surface area contributed by atoms with E-state index in [9.17, 15) is 0 Å². The fourth-order valence-electron chi connectivity index (χ4n) is 2.37. The predicted molar refractivity (Wildman–Crippen MR) is 82.4 cm³/mol. The summed E-state index contributed by atoms with van der Waals surface area (Å²) in [6.45, 7) is 12.2. The molecule has 1 atom stereocenters. The molecule has 0 saturated carbocycles. The lowest BCUT2D eigenvalue weighted by molar-refractivity contribution is 0.351. The van der Waals surface area contributed by atoms with Gasteiger partial charge < -0.3 is 5.32 Å². The largest absolute Gasteiger partial charge is 0.312 e. The summed E-state index contributed by atoms with van der Waals surface area (Å²) < 4.78 is 2.05. The third-order valence-electron chi connectivity index (χ3n) is 3.51. The van der Waals surface area contributed by atoms with Crippen LogP contribution < -0.4 is 5.32 Å². The van der Waals surface area contributed by atoms with E-state index in [0.29, 0.717) is 5.92 Å².